The number of nitrogens with one attached hydrogen (secondary N) is 1. The Kier molecular flexibility index (Phi) is 7.38. The maximum atomic E-state index is 11.5. The molecule has 1 aromatic heterocycles. The Morgan fingerprint density at radius 2 is 1.71 bits per heavy atom. The van der Waals surface area contributed by atoms with Crippen LogP contribution >= 0.6 is 11.6 Å². The van der Waals surface area contributed by atoms with Gasteiger partial charge >= 0.3 is 5.97 Å². The van der Waals surface area contributed by atoms with E-state index >= 15 is 0 Å². The topological polar surface area (TPSA) is 42.1 Å². The van der Waals surface area contributed by atoms with Gasteiger partial charge in [0.2, 0.25) is 0 Å². The number of allylic oxidation sites excluding steroid dienone is 6. The summed E-state index contributed by atoms with van der Waals surface area (Å²) in [6.07, 6.45) is 15.9. The molecule has 0 aliphatic rings. The van der Waals surface area contributed by atoms with Gasteiger partial charge in [0, 0.05) is 12.3 Å². The monoisotopic (exact) mass is 339 g/mol. The molecule has 122 valence electrons. The van der Waals surface area contributed by atoms with E-state index in [2.05, 4.69) is 4.98 Å². The fraction of sp³-hybridized carbons (Fsp3) is 0.0500. The van der Waals surface area contributed by atoms with Gasteiger partial charge in [0.15, 0.2) is 0 Å². The van der Waals surface area contributed by atoms with Gasteiger partial charge in [0.05, 0.1) is 10.7 Å². The molecular formula is C20H18ClNO2. The number of rotatable bonds is 7. The van der Waals surface area contributed by atoms with Crippen LogP contribution in [0.15, 0.2) is 85.1 Å². The third-order valence-electron chi connectivity index (χ3n) is 3.00. The lowest BCUT2D eigenvalue weighted by Gasteiger charge is -2.00. The molecule has 0 bridgehead atoms. The molecule has 24 heavy (non-hydrogen) atoms. The Hall–Kier alpha value is -2.78. The number of hydrogen-bond acceptors (Lipinski definition) is 2. The SMILES string of the molecule is O=C(/C=C/C=C/C=C/C=C/c1[nH]ccc1Cl)OCc1ccccc1. The number of hydrogen-bond donors (Lipinski definition) is 1. The van der Waals surface area contributed by atoms with Crippen LogP contribution in [0.4, 0.5) is 0 Å². The highest BCUT2D eigenvalue weighted by Gasteiger charge is 1.96. The number of aromatic nitrogens is 1. The molecule has 0 atom stereocenters. The number of benzene rings is 1. The van der Waals surface area contributed by atoms with Crippen LogP contribution in [0.3, 0.4) is 0 Å². The highest BCUT2D eigenvalue weighted by Crippen LogP contribution is 2.14. The summed E-state index contributed by atoms with van der Waals surface area (Å²) >= 11 is 5.94. The molecule has 2 rings (SSSR count). The fourth-order valence-corrected chi connectivity index (χ4v) is 1.99. The molecule has 0 radical (unpaired) electrons. The number of ether oxygens (including phenoxy) is 1. The van der Waals surface area contributed by atoms with E-state index in [1.54, 1.807) is 24.4 Å². The van der Waals surface area contributed by atoms with Crippen molar-refractivity contribution in [3.05, 3.63) is 101 Å². The smallest absolute Gasteiger partial charge is 0.331 e. The van der Waals surface area contributed by atoms with E-state index in [1.165, 1.54) is 6.08 Å². The summed E-state index contributed by atoms with van der Waals surface area (Å²) in [6, 6.07) is 11.4. The third kappa shape index (κ3) is 6.55. The molecule has 0 unspecified atom stereocenters. The molecule has 1 aromatic carbocycles. The van der Waals surface area contributed by atoms with Crippen molar-refractivity contribution in [3.8, 4) is 0 Å². The lowest BCUT2D eigenvalue weighted by atomic mass is 10.2. The number of aromatic amines is 1. The van der Waals surface area contributed by atoms with Crippen LogP contribution in [-0.4, -0.2) is 11.0 Å². The molecule has 0 saturated carbocycles. The minimum atomic E-state index is -0.367. The van der Waals surface area contributed by atoms with Gasteiger partial charge in [0.1, 0.15) is 6.61 Å². The number of halogens is 1. The van der Waals surface area contributed by atoms with Crippen molar-refractivity contribution in [2.24, 2.45) is 0 Å². The number of H-pyrrole nitrogens is 1. The average Bonchev–Trinajstić information content (AvgIpc) is 3.01. The molecule has 0 saturated heterocycles. The lowest BCUT2D eigenvalue weighted by Crippen LogP contribution is -2.00. The van der Waals surface area contributed by atoms with Crippen molar-refractivity contribution in [2.45, 2.75) is 6.61 Å². The first-order chi connectivity index (χ1) is 11.8. The van der Waals surface area contributed by atoms with Gasteiger partial charge in [-0.15, -0.1) is 0 Å². The summed E-state index contributed by atoms with van der Waals surface area (Å²) in [6.45, 7) is 0.278. The van der Waals surface area contributed by atoms with Crippen molar-refractivity contribution < 1.29 is 9.53 Å². The van der Waals surface area contributed by atoms with Crippen LogP contribution in [0.1, 0.15) is 11.3 Å². The lowest BCUT2D eigenvalue weighted by molar-refractivity contribution is -0.139. The van der Waals surface area contributed by atoms with Gasteiger partial charge < -0.3 is 9.72 Å². The van der Waals surface area contributed by atoms with Crippen LogP contribution in [0, 0.1) is 0 Å². The van der Waals surface area contributed by atoms with Gasteiger partial charge in [-0.1, -0.05) is 78.4 Å². The zero-order chi connectivity index (χ0) is 17.0. The van der Waals surface area contributed by atoms with Crippen molar-refractivity contribution >= 4 is 23.6 Å². The predicted octanol–water partition coefficient (Wildman–Crippen LogP) is 5.09. The van der Waals surface area contributed by atoms with Crippen molar-refractivity contribution in [1.29, 1.82) is 0 Å². The van der Waals surface area contributed by atoms with Gasteiger partial charge in [-0.3, -0.25) is 0 Å². The van der Waals surface area contributed by atoms with Crippen molar-refractivity contribution in [1.82, 2.24) is 4.98 Å². The minimum absolute atomic E-state index is 0.278. The second-order valence-electron chi connectivity index (χ2n) is 4.82. The minimum Gasteiger partial charge on any atom is -0.458 e. The Bertz CT molecular complexity index is 755. The number of carbonyl (C=O) groups is 1. The van der Waals surface area contributed by atoms with Crippen molar-refractivity contribution in [3.63, 3.8) is 0 Å². The Morgan fingerprint density at radius 1 is 1.00 bits per heavy atom. The van der Waals surface area contributed by atoms with Crippen LogP contribution in [-0.2, 0) is 16.1 Å². The Morgan fingerprint density at radius 3 is 2.42 bits per heavy atom. The van der Waals surface area contributed by atoms with E-state index < -0.39 is 0 Å². The second kappa shape index (κ2) is 10.1. The predicted molar refractivity (Wildman–Crippen MR) is 98.5 cm³/mol. The van der Waals surface area contributed by atoms with Gasteiger partial charge in [-0.05, 0) is 17.7 Å². The van der Waals surface area contributed by atoms with Crippen LogP contribution in [0.25, 0.3) is 6.08 Å². The molecule has 0 fully saturated rings. The number of carbonyl (C=O) groups excluding carboxylic acids is 1. The van der Waals surface area contributed by atoms with Gasteiger partial charge in [-0.25, -0.2) is 4.79 Å². The standard InChI is InChI=1S/C20H18ClNO2/c21-18-14-15-22-19(18)12-8-3-1-2-4-9-13-20(23)24-16-17-10-6-5-7-11-17/h1-15,22H,16H2/b3-1+,4-2+,12-8+,13-9+. The maximum Gasteiger partial charge on any atom is 0.331 e. The molecule has 4 heteroatoms. The summed E-state index contributed by atoms with van der Waals surface area (Å²) < 4.78 is 5.12. The van der Waals surface area contributed by atoms with E-state index in [4.69, 9.17) is 16.3 Å². The fourth-order valence-electron chi connectivity index (χ4n) is 1.81. The highest BCUT2D eigenvalue weighted by atomic mass is 35.5. The zero-order valence-corrected chi connectivity index (χ0v) is 13.8. The molecule has 0 spiro atoms. The van der Waals surface area contributed by atoms with E-state index in [-0.39, 0.29) is 12.6 Å². The summed E-state index contributed by atoms with van der Waals surface area (Å²) in [5, 5.41) is 0.687. The highest BCUT2D eigenvalue weighted by molar-refractivity contribution is 6.31. The normalized spacial score (nSPS) is 12.0. The summed E-state index contributed by atoms with van der Waals surface area (Å²) in [5.74, 6) is -0.367. The molecule has 0 amide bonds. The molecule has 1 N–H and O–H groups in total. The second-order valence-corrected chi connectivity index (χ2v) is 5.23. The van der Waals surface area contributed by atoms with Gasteiger partial charge in [0.25, 0.3) is 0 Å². The largest absolute Gasteiger partial charge is 0.458 e. The first-order valence-corrected chi connectivity index (χ1v) is 7.85. The van der Waals surface area contributed by atoms with E-state index in [1.807, 2.05) is 60.7 Å². The Labute approximate surface area is 146 Å². The summed E-state index contributed by atoms with van der Waals surface area (Å²) in [5.41, 5.74) is 1.83. The number of esters is 1. The van der Waals surface area contributed by atoms with E-state index in [0.717, 1.165) is 11.3 Å². The molecule has 0 aliphatic heterocycles. The first-order valence-electron chi connectivity index (χ1n) is 7.47. The average molecular weight is 340 g/mol. The Balaban J connectivity index is 1.68. The van der Waals surface area contributed by atoms with Crippen molar-refractivity contribution in [2.75, 3.05) is 0 Å². The van der Waals surface area contributed by atoms with E-state index in [0.29, 0.717) is 5.02 Å². The zero-order valence-electron chi connectivity index (χ0n) is 13.1. The molecular weight excluding hydrogens is 322 g/mol. The van der Waals surface area contributed by atoms with Crippen LogP contribution in [0.2, 0.25) is 5.02 Å². The molecule has 1 heterocycles. The molecule has 2 aromatic rings. The maximum absolute atomic E-state index is 11.5. The summed E-state index contributed by atoms with van der Waals surface area (Å²) in [4.78, 5) is 14.5. The molecule has 0 aliphatic carbocycles. The van der Waals surface area contributed by atoms with E-state index in [9.17, 15) is 4.79 Å². The molecule has 3 nitrogen and oxygen atoms in total. The third-order valence-corrected chi connectivity index (χ3v) is 3.33. The summed E-state index contributed by atoms with van der Waals surface area (Å²) in [7, 11) is 0. The van der Waals surface area contributed by atoms with Crippen LogP contribution < -0.4 is 0 Å². The van der Waals surface area contributed by atoms with Crippen LogP contribution in [0.5, 0.6) is 0 Å². The van der Waals surface area contributed by atoms with Gasteiger partial charge in [-0.2, -0.15) is 0 Å². The quantitative estimate of drug-likeness (QED) is 0.433. The first kappa shape index (κ1) is 17.6.